The van der Waals surface area contributed by atoms with E-state index in [2.05, 4.69) is 51.9 Å². The van der Waals surface area contributed by atoms with Crippen molar-refractivity contribution in [1.82, 2.24) is 20.6 Å². The highest BCUT2D eigenvalue weighted by molar-refractivity contribution is 6.21. The van der Waals surface area contributed by atoms with Crippen LogP contribution in [-0.2, 0) is 28.7 Å². The molecule has 0 saturated carbocycles. The summed E-state index contributed by atoms with van der Waals surface area (Å²) >= 11 is 0. The molecule has 80 heavy (non-hydrogen) atoms. The summed E-state index contributed by atoms with van der Waals surface area (Å²) in [7, 11) is 3.53. The first-order chi connectivity index (χ1) is 37.8. The van der Waals surface area contributed by atoms with Crippen LogP contribution in [0, 0.1) is 10.8 Å². The first-order valence-electron chi connectivity index (χ1n) is 25.1. The zero-order chi connectivity index (χ0) is 56.9. The van der Waals surface area contributed by atoms with Gasteiger partial charge in [0.15, 0.2) is 11.6 Å². The molecule has 21 heteroatoms. The van der Waals surface area contributed by atoms with E-state index < -0.39 is 53.0 Å². The van der Waals surface area contributed by atoms with Gasteiger partial charge >= 0.3 is 18.0 Å². The van der Waals surface area contributed by atoms with Crippen molar-refractivity contribution >= 4 is 87.0 Å². The predicted molar refractivity (Wildman–Crippen MR) is 309 cm³/mol. The lowest BCUT2D eigenvalue weighted by Gasteiger charge is -2.29. The number of nitrogens with one attached hydrogen (secondary N) is 6. The predicted octanol–water partition coefficient (Wildman–Crippen LogP) is 7.29. The summed E-state index contributed by atoms with van der Waals surface area (Å²) in [5, 5.41) is 26.5. The molecule has 0 aliphatic carbocycles. The minimum absolute atomic E-state index is 0. The Morgan fingerprint density at radius 1 is 0.562 bits per heavy atom. The molecule has 0 radical (unpaired) electrons. The van der Waals surface area contributed by atoms with Crippen molar-refractivity contribution in [3.63, 3.8) is 0 Å². The SMILES string of the molecule is C.CNc1cccc(NC(=O)NC2N=C(c3ccccn3)c3ccccc3N(CC(=O)C(C)(C)CO)C2=O)c1.CNc1cccc(NC(=O)NC2N=C(c3ccccn3)c3ccccc3N(CC(=O)C(C)(C)COC(C)=O)C2=O)c1. The fourth-order valence-electron chi connectivity index (χ4n) is 8.04. The van der Waals surface area contributed by atoms with Crippen LogP contribution in [0.5, 0.6) is 0 Å². The number of carbonyl (C=O) groups excluding carboxylic acids is 7. The minimum atomic E-state index is -1.38. The van der Waals surface area contributed by atoms with E-state index in [0.717, 1.165) is 11.4 Å². The van der Waals surface area contributed by atoms with Crippen LogP contribution in [0.2, 0.25) is 0 Å². The number of fused-ring (bicyclic) bond motifs is 2. The lowest BCUT2D eigenvalue weighted by atomic mass is 9.88. The molecule has 8 rings (SSSR count). The van der Waals surface area contributed by atoms with Crippen molar-refractivity contribution in [3.05, 3.63) is 168 Å². The fraction of sp³-hybridized carbons (Fsp3) is 0.271. The fourth-order valence-corrected chi connectivity index (χ4v) is 8.04. The monoisotopic (exact) mass is 1090 g/mol. The molecule has 21 nitrogen and oxygen atoms in total. The molecule has 2 aromatic heterocycles. The first kappa shape index (κ1) is 59.6. The molecule has 2 aliphatic heterocycles. The van der Waals surface area contributed by atoms with Crippen LogP contribution in [0.1, 0.15) is 64.6 Å². The number of para-hydroxylation sites is 2. The summed E-state index contributed by atoms with van der Waals surface area (Å²) in [6.45, 7) is 6.62. The Bertz CT molecular complexity index is 3300. The van der Waals surface area contributed by atoms with Gasteiger partial charge in [0.25, 0.3) is 11.8 Å². The Morgan fingerprint density at radius 3 is 1.35 bits per heavy atom. The van der Waals surface area contributed by atoms with Crippen molar-refractivity contribution in [1.29, 1.82) is 0 Å². The summed E-state index contributed by atoms with van der Waals surface area (Å²) in [6, 6.07) is 37.6. The second kappa shape index (κ2) is 26.6. The third-order valence-corrected chi connectivity index (χ3v) is 12.7. The maximum atomic E-state index is 14.0. The van der Waals surface area contributed by atoms with E-state index in [0.29, 0.717) is 56.7 Å². The molecule has 416 valence electrons. The van der Waals surface area contributed by atoms with E-state index in [1.807, 2.05) is 12.1 Å². The zero-order valence-corrected chi connectivity index (χ0v) is 44.7. The zero-order valence-electron chi connectivity index (χ0n) is 44.7. The van der Waals surface area contributed by atoms with Crippen molar-refractivity contribution in [3.8, 4) is 0 Å². The molecule has 2 unspecified atom stereocenters. The molecule has 0 spiro atoms. The number of benzodiazepines with no additional fused rings is 2. The van der Waals surface area contributed by atoms with Gasteiger partial charge in [-0.05, 0) is 86.6 Å². The van der Waals surface area contributed by atoms with Gasteiger partial charge in [-0.2, -0.15) is 0 Å². The van der Waals surface area contributed by atoms with Crippen molar-refractivity contribution in [2.24, 2.45) is 20.8 Å². The number of benzene rings is 4. The van der Waals surface area contributed by atoms with E-state index in [-0.39, 0.29) is 45.3 Å². The summed E-state index contributed by atoms with van der Waals surface area (Å²) in [5.74, 6) is -2.39. The molecule has 4 heterocycles. The standard InChI is InChI=1S/C30H32N6O5.C28H30N6O4.CH4/c1-19(37)41-18-30(2,3)25(38)17-36-24-14-6-5-12-22(24)26(23-13-7-8-15-32-23)34-27(28(36)39)35-29(40)33-21-11-9-10-20(16-21)31-4;1-28(2,17-35)23(36)16-34-22-13-5-4-11-20(22)24(21-12-6-7-14-30-21)32-25(26(34)37)33-27(38)31-19-10-8-9-18(15-19)29-3;/h5-16,27,31H,17-18H2,1-4H3,(H2,33,35,40);4-15,25,29,35H,16-17H2,1-3H3,(H2,31,33,38);1H4. The molecule has 2 aliphatic rings. The minimum Gasteiger partial charge on any atom is -0.465 e. The summed E-state index contributed by atoms with van der Waals surface area (Å²) in [6.07, 6.45) is 0.492. The number of urea groups is 2. The van der Waals surface area contributed by atoms with Crippen molar-refractivity contribution < 1.29 is 43.4 Å². The number of esters is 1. The quantitative estimate of drug-likeness (QED) is 0.0443. The second-order valence-corrected chi connectivity index (χ2v) is 19.5. The van der Waals surface area contributed by atoms with E-state index in [4.69, 9.17) is 4.74 Å². The Balaban J connectivity index is 0.000000256. The molecule has 2 atom stereocenters. The molecule has 7 N–H and O–H groups in total. The second-order valence-electron chi connectivity index (χ2n) is 19.5. The van der Waals surface area contributed by atoms with Crippen molar-refractivity contribution in [2.75, 3.05) is 71.5 Å². The highest BCUT2D eigenvalue weighted by atomic mass is 16.5. The lowest BCUT2D eigenvalue weighted by molar-refractivity contribution is -0.146. The van der Waals surface area contributed by atoms with Crippen LogP contribution >= 0.6 is 0 Å². The normalized spacial score (nSPS) is 14.8. The van der Waals surface area contributed by atoms with Crippen LogP contribution in [0.4, 0.5) is 43.7 Å². The van der Waals surface area contributed by atoms with Gasteiger partial charge in [0, 0.05) is 72.7 Å². The molecule has 0 fully saturated rings. The molecule has 0 bridgehead atoms. The van der Waals surface area contributed by atoms with Crippen LogP contribution in [0.15, 0.2) is 156 Å². The van der Waals surface area contributed by atoms with Crippen LogP contribution in [0.25, 0.3) is 0 Å². The smallest absolute Gasteiger partial charge is 0.321 e. The van der Waals surface area contributed by atoms with E-state index in [1.165, 1.54) is 16.7 Å². The number of aliphatic imine (C=N–C) groups is 2. The largest absolute Gasteiger partial charge is 0.465 e. The van der Waals surface area contributed by atoms with Crippen LogP contribution in [-0.4, -0.2) is 121 Å². The molecule has 6 aromatic rings. The number of rotatable bonds is 17. The molecule has 0 saturated heterocycles. The number of aliphatic hydroxyl groups excluding tert-OH is 1. The topological polar surface area (TPSA) is 278 Å². The van der Waals surface area contributed by atoms with Gasteiger partial charge in [0.05, 0.1) is 59.3 Å². The number of anilines is 6. The van der Waals surface area contributed by atoms with E-state index >= 15 is 0 Å². The Morgan fingerprint density at radius 2 is 0.963 bits per heavy atom. The molecular formula is C59H66N12O9. The van der Waals surface area contributed by atoms with Crippen LogP contribution in [0.3, 0.4) is 0 Å². The number of hydrogen-bond donors (Lipinski definition) is 7. The van der Waals surface area contributed by atoms with Gasteiger partial charge in [-0.3, -0.25) is 33.9 Å². The van der Waals surface area contributed by atoms with Gasteiger partial charge in [-0.25, -0.2) is 19.6 Å². The number of ether oxygens (including phenoxy) is 1. The highest BCUT2D eigenvalue weighted by Crippen LogP contribution is 2.32. The summed E-state index contributed by atoms with van der Waals surface area (Å²) in [5.41, 5.74) is 4.29. The number of aromatic nitrogens is 2. The van der Waals surface area contributed by atoms with Crippen LogP contribution < -0.4 is 41.7 Å². The number of carbonyl (C=O) groups is 7. The average Bonchev–Trinajstić information content (AvgIpc) is 3.71. The summed E-state index contributed by atoms with van der Waals surface area (Å²) in [4.78, 5) is 113. The van der Waals surface area contributed by atoms with Gasteiger partial charge in [-0.15, -0.1) is 0 Å². The number of amides is 6. The van der Waals surface area contributed by atoms with Gasteiger partial charge in [0.1, 0.15) is 6.61 Å². The number of nitrogens with zero attached hydrogens (tertiary/aromatic N) is 6. The third kappa shape index (κ3) is 14.7. The van der Waals surface area contributed by atoms with Gasteiger partial charge < -0.3 is 51.5 Å². The van der Waals surface area contributed by atoms with Gasteiger partial charge in [-0.1, -0.05) is 81.9 Å². The maximum absolute atomic E-state index is 14.0. The molecule has 4 aromatic carbocycles. The molecular weight excluding hydrogens is 1020 g/mol. The summed E-state index contributed by atoms with van der Waals surface area (Å²) < 4.78 is 5.10. The Labute approximate surface area is 464 Å². The Kier molecular flexibility index (Phi) is 19.8. The highest BCUT2D eigenvalue weighted by Gasteiger charge is 2.39. The number of Topliss-reactive ketones (excluding diaryl/α,β-unsaturated/α-hetero) is 2. The maximum Gasteiger partial charge on any atom is 0.321 e. The molecule has 6 amide bonds. The first-order valence-corrected chi connectivity index (χ1v) is 25.1. The van der Waals surface area contributed by atoms with E-state index in [1.54, 1.807) is 176 Å². The number of hydrogen-bond acceptors (Lipinski definition) is 15. The number of ketones is 2. The number of aliphatic hydroxyl groups is 1. The van der Waals surface area contributed by atoms with Gasteiger partial charge in [0.2, 0.25) is 12.3 Å². The third-order valence-electron chi connectivity index (χ3n) is 12.7. The van der Waals surface area contributed by atoms with Crippen molar-refractivity contribution in [2.45, 2.75) is 54.4 Å². The Hall–Kier alpha value is -9.63. The average molecular weight is 1090 g/mol. The lowest BCUT2D eigenvalue weighted by Crippen LogP contribution is -2.51. The number of pyridine rings is 2. The van der Waals surface area contributed by atoms with E-state index in [9.17, 15) is 38.7 Å².